The molecule has 1 saturated carbocycles. The fourth-order valence-electron chi connectivity index (χ4n) is 4.73. The van der Waals surface area contributed by atoms with E-state index in [1.807, 2.05) is 30.3 Å². The van der Waals surface area contributed by atoms with Gasteiger partial charge < -0.3 is 10.5 Å². The summed E-state index contributed by atoms with van der Waals surface area (Å²) in [4.78, 5) is 25.3. The van der Waals surface area contributed by atoms with Gasteiger partial charge in [0.15, 0.2) is 6.73 Å². The van der Waals surface area contributed by atoms with E-state index >= 15 is 0 Å². The first-order valence-electron chi connectivity index (χ1n) is 10.9. The molecule has 5 rings (SSSR count). The van der Waals surface area contributed by atoms with Crippen molar-refractivity contribution in [1.29, 1.82) is 0 Å². The number of hydrogen-bond donors (Lipinski definition) is 1. The molecule has 1 spiro atoms. The van der Waals surface area contributed by atoms with Crippen molar-refractivity contribution in [1.82, 2.24) is 8.87 Å². The maximum atomic E-state index is 13.5. The number of nitrogens with zero attached hydrogens (tertiary/aromatic N) is 2. The number of esters is 1. The Hall–Kier alpha value is -3.01. The van der Waals surface area contributed by atoms with Crippen LogP contribution >= 0.6 is 0 Å². The maximum Gasteiger partial charge on any atom is 0.311 e. The SMILES string of the molecule is N[C@H]1CCN(S(=O)(=O)c2cccc3c(=O)n(COC(=O)Cc4ccccc4)ccc23)C12CC2. The van der Waals surface area contributed by atoms with Gasteiger partial charge in [-0.1, -0.05) is 36.4 Å². The highest BCUT2D eigenvalue weighted by molar-refractivity contribution is 7.89. The molecular formula is C24H25N3O5S. The Morgan fingerprint density at radius 2 is 1.82 bits per heavy atom. The molecule has 0 amide bonds. The van der Waals surface area contributed by atoms with Crippen LogP contribution in [0.2, 0.25) is 0 Å². The highest BCUT2D eigenvalue weighted by atomic mass is 32.2. The summed E-state index contributed by atoms with van der Waals surface area (Å²) in [6, 6.07) is 15.3. The van der Waals surface area contributed by atoms with Gasteiger partial charge in [0, 0.05) is 29.6 Å². The zero-order valence-electron chi connectivity index (χ0n) is 18.0. The summed E-state index contributed by atoms with van der Waals surface area (Å²) in [6.07, 6.45) is 3.72. The predicted molar refractivity (Wildman–Crippen MR) is 123 cm³/mol. The summed E-state index contributed by atoms with van der Waals surface area (Å²) >= 11 is 0. The molecule has 2 N–H and O–H groups in total. The van der Waals surface area contributed by atoms with Crippen LogP contribution in [0.25, 0.3) is 10.8 Å². The molecule has 2 aromatic carbocycles. The summed E-state index contributed by atoms with van der Waals surface area (Å²) in [7, 11) is -3.81. The number of rotatable bonds is 6. The summed E-state index contributed by atoms with van der Waals surface area (Å²) in [5, 5.41) is 0.608. The Morgan fingerprint density at radius 3 is 2.55 bits per heavy atom. The van der Waals surface area contributed by atoms with E-state index in [9.17, 15) is 18.0 Å². The third kappa shape index (κ3) is 3.76. The summed E-state index contributed by atoms with van der Waals surface area (Å²) < 4.78 is 35.1. The molecule has 2 heterocycles. The van der Waals surface area contributed by atoms with Crippen molar-refractivity contribution < 1.29 is 17.9 Å². The van der Waals surface area contributed by atoms with Crippen molar-refractivity contribution >= 4 is 26.8 Å². The van der Waals surface area contributed by atoms with Crippen molar-refractivity contribution in [3.8, 4) is 0 Å². The van der Waals surface area contributed by atoms with Gasteiger partial charge in [-0.2, -0.15) is 4.31 Å². The van der Waals surface area contributed by atoms with Crippen LogP contribution in [-0.2, 0) is 32.7 Å². The van der Waals surface area contributed by atoms with Crippen LogP contribution in [0.1, 0.15) is 24.8 Å². The molecular weight excluding hydrogens is 442 g/mol. The number of carbonyl (C=O) groups excluding carboxylic acids is 1. The van der Waals surface area contributed by atoms with Crippen molar-refractivity contribution in [2.75, 3.05) is 6.54 Å². The second kappa shape index (κ2) is 8.09. The van der Waals surface area contributed by atoms with Gasteiger partial charge in [0.2, 0.25) is 10.0 Å². The smallest absolute Gasteiger partial charge is 0.311 e. The summed E-state index contributed by atoms with van der Waals surface area (Å²) in [5.74, 6) is -0.454. The van der Waals surface area contributed by atoms with Crippen molar-refractivity contribution in [2.24, 2.45) is 5.73 Å². The van der Waals surface area contributed by atoms with Crippen LogP contribution in [0, 0.1) is 0 Å². The van der Waals surface area contributed by atoms with Crippen molar-refractivity contribution in [3.63, 3.8) is 0 Å². The number of pyridine rings is 1. The van der Waals surface area contributed by atoms with Gasteiger partial charge in [0.05, 0.1) is 16.9 Å². The molecule has 1 atom stereocenters. The number of ether oxygens (including phenoxy) is 1. The minimum absolute atomic E-state index is 0.102. The molecule has 1 aromatic heterocycles. The van der Waals surface area contributed by atoms with Crippen LogP contribution in [0.3, 0.4) is 0 Å². The average Bonchev–Trinajstić information content (AvgIpc) is 3.53. The van der Waals surface area contributed by atoms with E-state index < -0.39 is 27.1 Å². The first kappa shape index (κ1) is 21.8. The van der Waals surface area contributed by atoms with Gasteiger partial charge in [0.25, 0.3) is 5.56 Å². The Morgan fingerprint density at radius 1 is 1.06 bits per heavy atom. The lowest BCUT2D eigenvalue weighted by atomic mass is 10.1. The third-order valence-electron chi connectivity index (χ3n) is 6.69. The minimum atomic E-state index is -3.81. The van der Waals surface area contributed by atoms with Crippen LogP contribution in [-0.4, -0.2) is 41.4 Å². The summed E-state index contributed by atoms with van der Waals surface area (Å²) in [5.41, 5.74) is 6.12. The minimum Gasteiger partial charge on any atom is -0.444 e. The molecule has 0 radical (unpaired) electrons. The lowest BCUT2D eigenvalue weighted by Gasteiger charge is -2.26. The zero-order valence-corrected chi connectivity index (χ0v) is 18.8. The zero-order chi connectivity index (χ0) is 23.2. The first-order chi connectivity index (χ1) is 15.8. The highest BCUT2D eigenvalue weighted by Gasteiger charge is 2.60. The van der Waals surface area contributed by atoms with E-state index in [4.69, 9.17) is 10.5 Å². The number of aromatic nitrogens is 1. The molecule has 0 bridgehead atoms. The second-order valence-corrected chi connectivity index (χ2v) is 10.5. The van der Waals surface area contributed by atoms with Crippen LogP contribution < -0.4 is 11.3 Å². The standard InChI is InChI=1S/C24H25N3O5S/c25-21-10-14-27(24(21)11-12-24)33(30,31)20-8-4-7-19-18(20)9-13-26(23(19)29)16-32-22(28)15-17-5-2-1-3-6-17/h1-9,13,21H,10-12,14-16,25H2/t21-/m0/s1. The van der Waals surface area contributed by atoms with E-state index in [1.165, 1.54) is 21.1 Å². The topological polar surface area (TPSA) is 112 Å². The van der Waals surface area contributed by atoms with Crippen LogP contribution in [0.4, 0.5) is 0 Å². The lowest BCUT2D eigenvalue weighted by Crippen LogP contribution is -2.44. The number of nitrogens with two attached hydrogens (primary N) is 1. The van der Waals surface area contributed by atoms with E-state index in [0.29, 0.717) is 18.4 Å². The summed E-state index contributed by atoms with van der Waals surface area (Å²) in [6.45, 7) is 0.135. The highest BCUT2D eigenvalue weighted by Crippen LogP contribution is 2.51. The Kier molecular flexibility index (Phi) is 5.35. The maximum absolute atomic E-state index is 13.5. The largest absolute Gasteiger partial charge is 0.444 e. The predicted octanol–water partition coefficient (Wildman–Crippen LogP) is 2.00. The molecule has 33 heavy (non-hydrogen) atoms. The number of hydrogen-bond acceptors (Lipinski definition) is 6. The molecule has 1 aliphatic heterocycles. The molecule has 2 fully saturated rings. The number of carbonyl (C=O) groups is 1. The lowest BCUT2D eigenvalue weighted by molar-refractivity contribution is -0.146. The average molecular weight is 468 g/mol. The van der Waals surface area contributed by atoms with Gasteiger partial charge in [-0.3, -0.25) is 14.2 Å². The van der Waals surface area contributed by atoms with E-state index in [-0.39, 0.29) is 29.5 Å². The normalized spacial score (nSPS) is 19.7. The number of sulfonamides is 1. The van der Waals surface area contributed by atoms with Gasteiger partial charge in [0.1, 0.15) is 0 Å². The van der Waals surface area contributed by atoms with E-state index in [2.05, 4.69) is 0 Å². The first-order valence-corrected chi connectivity index (χ1v) is 12.4. The number of fused-ring (bicyclic) bond motifs is 1. The Bertz CT molecular complexity index is 1380. The second-order valence-electron chi connectivity index (χ2n) is 8.69. The van der Waals surface area contributed by atoms with Gasteiger partial charge in [-0.15, -0.1) is 0 Å². The van der Waals surface area contributed by atoms with E-state index in [1.54, 1.807) is 18.2 Å². The molecule has 8 nitrogen and oxygen atoms in total. The van der Waals surface area contributed by atoms with Gasteiger partial charge >= 0.3 is 5.97 Å². The fraction of sp³-hybridized carbons (Fsp3) is 0.333. The van der Waals surface area contributed by atoms with Crippen LogP contribution in [0.15, 0.2) is 70.5 Å². The Labute approximate surface area is 191 Å². The molecule has 2 aliphatic rings. The molecule has 9 heteroatoms. The van der Waals surface area contributed by atoms with Gasteiger partial charge in [-0.05, 0) is 43.0 Å². The molecule has 3 aromatic rings. The molecule has 1 aliphatic carbocycles. The molecule has 0 unspecified atom stereocenters. The molecule has 1 saturated heterocycles. The van der Waals surface area contributed by atoms with E-state index in [0.717, 1.165) is 18.4 Å². The van der Waals surface area contributed by atoms with Crippen molar-refractivity contribution in [2.45, 2.75) is 48.9 Å². The number of benzene rings is 2. The van der Waals surface area contributed by atoms with Crippen molar-refractivity contribution in [3.05, 3.63) is 76.7 Å². The quantitative estimate of drug-likeness (QED) is 0.555. The Balaban J connectivity index is 1.41. The molecule has 172 valence electrons. The fourth-order valence-corrected chi connectivity index (χ4v) is 6.82. The monoisotopic (exact) mass is 467 g/mol. The third-order valence-corrected chi connectivity index (χ3v) is 8.73. The van der Waals surface area contributed by atoms with Crippen LogP contribution in [0.5, 0.6) is 0 Å². The van der Waals surface area contributed by atoms with Gasteiger partial charge in [-0.25, -0.2) is 8.42 Å².